The van der Waals surface area contributed by atoms with Gasteiger partial charge in [0.15, 0.2) is 11.5 Å². The number of nitrogens with zero attached hydrogens (tertiary/aromatic N) is 4. The lowest BCUT2D eigenvalue weighted by Gasteiger charge is -2.32. The molecule has 0 radical (unpaired) electrons. The highest BCUT2D eigenvalue weighted by Gasteiger charge is 2.28. The Kier molecular flexibility index (Phi) is 6.35. The Morgan fingerprint density at radius 3 is 2.57 bits per heavy atom. The van der Waals surface area contributed by atoms with Gasteiger partial charge in [0.05, 0.1) is 13.1 Å². The number of furan rings is 1. The zero-order valence-electron chi connectivity index (χ0n) is 20.0. The fourth-order valence-corrected chi connectivity index (χ4v) is 4.54. The topological polar surface area (TPSA) is 93.3 Å². The van der Waals surface area contributed by atoms with Gasteiger partial charge in [-0.15, -0.1) is 0 Å². The Morgan fingerprint density at radius 2 is 1.86 bits per heavy atom. The molecule has 1 fully saturated rings. The van der Waals surface area contributed by atoms with Crippen molar-refractivity contribution in [2.75, 3.05) is 18.0 Å². The predicted octanol–water partition coefficient (Wildman–Crippen LogP) is 3.58. The average Bonchev–Trinajstić information content (AvgIpc) is 3.30. The minimum absolute atomic E-state index is 0.0196. The molecule has 0 unspecified atom stereocenters. The molecule has 0 bridgehead atoms. The molecule has 5 rings (SSSR count). The number of aryl methyl sites for hydroxylation is 2. The largest absolute Gasteiger partial charge is 0.465 e. The van der Waals surface area contributed by atoms with E-state index in [9.17, 15) is 9.59 Å². The standard InChI is InChI=1S/C27H29N5O3/c1-18-5-8-20(9-6-18)17-32-24-23(4-3-13-28-24)30-25(27(32)34)31-14-11-21(12-15-31)26(33)29-16-22-10-7-19(2)35-22/h3-10,13,21H,11-12,14-17H2,1-2H3,(H,29,33). The molecule has 1 amide bonds. The summed E-state index contributed by atoms with van der Waals surface area (Å²) in [7, 11) is 0. The number of benzene rings is 1. The molecule has 0 aliphatic carbocycles. The molecule has 0 spiro atoms. The molecule has 1 N–H and O–H groups in total. The van der Waals surface area contributed by atoms with Gasteiger partial charge >= 0.3 is 0 Å². The van der Waals surface area contributed by atoms with Gasteiger partial charge in [0.2, 0.25) is 5.91 Å². The monoisotopic (exact) mass is 471 g/mol. The molecule has 4 aromatic rings. The second-order valence-corrected chi connectivity index (χ2v) is 9.15. The lowest BCUT2D eigenvalue weighted by molar-refractivity contribution is -0.125. The maximum atomic E-state index is 13.6. The highest BCUT2D eigenvalue weighted by Crippen LogP contribution is 2.22. The van der Waals surface area contributed by atoms with E-state index < -0.39 is 0 Å². The summed E-state index contributed by atoms with van der Waals surface area (Å²) in [6, 6.07) is 15.6. The lowest BCUT2D eigenvalue weighted by atomic mass is 9.96. The molecule has 3 aromatic heterocycles. The van der Waals surface area contributed by atoms with E-state index in [4.69, 9.17) is 4.42 Å². The van der Waals surface area contributed by atoms with Crippen molar-refractivity contribution >= 4 is 22.9 Å². The molecule has 4 heterocycles. The first kappa shape index (κ1) is 22.8. The number of fused-ring (bicyclic) bond motifs is 1. The molecule has 1 aliphatic rings. The maximum Gasteiger partial charge on any atom is 0.295 e. The minimum Gasteiger partial charge on any atom is -0.465 e. The molecule has 1 saturated heterocycles. The van der Waals surface area contributed by atoms with E-state index in [2.05, 4.69) is 15.3 Å². The van der Waals surface area contributed by atoms with Gasteiger partial charge in [0, 0.05) is 25.2 Å². The molecule has 180 valence electrons. The summed E-state index contributed by atoms with van der Waals surface area (Å²) in [6.45, 7) is 5.92. The van der Waals surface area contributed by atoms with Crippen molar-refractivity contribution in [1.29, 1.82) is 0 Å². The SMILES string of the molecule is Cc1ccc(Cn2c(=O)c(N3CCC(C(=O)NCc4ccc(C)o4)CC3)nc3cccnc32)cc1. The molecule has 1 aliphatic heterocycles. The van der Waals surface area contributed by atoms with Crippen LogP contribution in [0.4, 0.5) is 5.82 Å². The van der Waals surface area contributed by atoms with Gasteiger partial charge in [0.25, 0.3) is 5.56 Å². The zero-order chi connectivity index (χ0) is 24.4. The molecule has 0 atom stereocenters. The Balaban J connectivity index is 1.33. The van der Waals surface area contributed by atoms with E-state index in [0.717, 1.165) is 17.1 Å². The molecule has 8 heteroatoms. The first-order chi connectivity index (χ1) is 17.0. The number of nitrogens with one attached hydrogen (secondary N) is 1. The second-order valence-electron chi connectivity index (χ2n) is 9.15. The van der Waals surface area contributed by atoms with Gasteiger partial charge in [0.1, 0.15) is 17.0 Å². The average molecular weight is 472 g/mol. The van der Waals surface area contributed by atoms with E-state index in [1.54, 1.807) is 10.8 Å². The lowest BCUT2D eigenvalue weighted by Crippen LogP contribution is -2.43. The molecule has 0 saturated carbocycles. The molecule has 1 aromatic carbocycles. The van der Waals surface area contributed by atoms with Crippen LogP contribution in [0.3, 0.4) is 0 Å². The number of hydrogen-bond acceptors (Lipinski definition) is 6. The third-order valence-electron chi connectivity index (χ3n) is 6.54. The van der Waals surface area contributed by atoms with E-state index in [1.807, 2.05) is 67.3 Å². The number of amides is 1. The summed E-state index contributed by atoms with van der Waals surface area (Å²) in [5.74, 6) is 1.91. The van der Waals surface area contributed by atoms with Crippen LogP contribution in [-0.2, 0) is 17.9 Å². The number of hydrogen-bond donors (Lipinski definition) is 1. The van der Waals surface area contributed by atoms with Crippen molar-refractivity contribution in [3.05, 3.63) is 87.7 Å². The van der Waals surface area contributed by atoms with Gasteiger partial charge in [-0.05, 0) is 56.5 Å². The Labute approximate surface area is 203 Å². The van der Waals surface area contributed by atoms with Crippen LogP contribution in [0, 0.1) is 19.8 Å². The summed E-state index contributed by atoms with van der Waals surface area (Å²) in [5.41, 5.74) is 3.30. The highest BCUT2D eigenvalue weighted by atomic mass is 16.3. The van der Waals surface area contributed by atoms with Crippen molar-refractivity contribution in [2.45, 2.75) is 39.8 Å². The van der Waals surface area contributed by atoms with Gasteiger partial charge < -0.3 is 14.6 Å². The summed E-state index contributed by atoms with van der Waals surface area (Å²) in [6.07, 6.45) is 3.00. The van der Waals surface area contributed by atoms with Gasteiger partial charge in [-0.25, -0.2) is 9.97 Å². The van der Waals surface area contributed by atoms with Crippen LogP contribution in [0.2, 0.25) is 0 Å². The van der Waals surface area contributed by atoms with E-state index in [1.165, 1.54) is 5.56 Å². The van der Waals surface area contributed by atoms with Crippen LogP contribution in [0.5, 0.6) is 0 Å². The fraction of sp³-hybridized carbons (Fsp3) is 0.333. The highest BCUT2D eigenvalue weighted by molar-refractivity contribution is 5.79. The third-order valence-corrected chi connectivity index (χ3v) is 6.54. The van der Waals surface area contributed by atoms with E-state index in [-0.39, 0.29) is 17.4 Å². The van der Waals surface area contributed by atoms with Crippen molar-refractivity contribution in [2.24, 2.45) is 5.92 Å². The van der Waals surface area contributed by atoms with E-state index in [0.29, 0.717) is 56.0 Å². The Hall–Kier alpha value is -3.94. The summed E-state index contributed by atoms with van der Waals surface area (Å²) in [5, 5.41) is 2.97. The quantitative estimate of drug-likeness (QED) is 0.462. The number of rotatable bonds is 6. The number of aromatic nitrogens is 3. The summed E-state index contributed by atoms with van der Waals surface area (Å²) in [4.78, 5) is 37.4. The fourth-order valence-electron chi connectivity index (χ4n) is 4.54. The van der Waals surface area contributed by atoms with Gasteiger partial charge in [-0.1, -0.05) is 29.8 Å². The summed E-state index contributed by atoms with van der Waals surface area (Å²) < 4.78 is 7.23. The molecule has 35 heavy (non-hydrogen) atoms. The Morgan fingerprint density at radius 1 is 1.09 bits per heavy atom. The minimum atomic E-state index is -0.159. The van der Waals surface area contributed by atoms with Crippen LogP contribution < -0.4 is 15.8 Å². The third kappa shape index (κ3) is 4.96. The zero-order valence-corrected chi connectivity index (χ0v) is 20.0. The van der Waals surface area contributed by atoms with Crippen molar-refractivity contribution < 1.29 is 9.21 Å². The Bertz CT molecular complexity index is 1400. The number of carbonyl (C=O) groups is 1. The number of pyridine rings is 1. The van der Waals surface area contributed by atoms with Crippen LogP contribution in [0.15, 0.2) is 63.9 Å². The molecular formula is C27H29N5O3. The maximum absolute atomic E-state index is 13.6. The first-order valence-corrected chi connectivity index (χ1v) is 12.0. The van der Waals surface area contributed by atoms with Gasteiger partial charge in [-0.3, -0.25) is 14.2 Å². The predicted molar refractivity (Wildman–Crippen MR) is 134 cm³/mol. The van der Waals surface area contributed by atoms with Gasteiger partial charge in [-0.2, -0.15) is 0 Å². The van der Waals surface area contributed by atoms with Crippen molar-refractivity contribution in [3.8, 4) is 0 Å². The number of anilines is 1. The number of piperidine rings is 1. The van der Waals surface area contributed by atoms with Crippen LogP contribution in [0.25, 0.3) is 11.2 Å². The first-order valence-electron chi connectivity index (χ1n) is 12.0. The number of carbonyl (C=O) groups excluding carboxylic acids is 1. The molecular weight excluding hydrogens is 442 g/mol. The van der Waals surface area contributed by atoms with Crippen LogP contribution in [-0.4, -0.2) is 33.5 Å². The normalized spacial score (nSPS) is 14.4. The summed E-state index contributed by atoms with van der Waals surface area (Å²) >= 11 is 0. The second kappa shape index (κ2) is 9.74. The molecule has 8 nitrogen and oxygen atoms in total. The van der Waals surface area contributed by atoms with Crippen LogP contribution >= 0.6 is 0 Å². The van der Waals surface area contributed by atoms with Crippen LogP contribution in [0.1, 0.15) is 35.5 Å². The van der Waals surface area contributed by atoms with E-state index >= 15 is 0 Å². The smallest absolute Gasteiger partial charge is 0.295 e. The van der Waals surface area contributed by atoms with Crippen molar-refractivity contribution in [1.82, 2.24) is 19.9 Å². The van der Waals surface area contributed by atoms with Crippen molar-refractivity contribution in [3.63, 3.8) is 0 Å².